The van der Waals surface area contributed by atoms with Gasteiger partial charge in [0.25, 0.3) is 0 Å². The first kappa shape index (κ1) is 13.4. The van der Waals surface area contributed by atoms with Gasteiger partial charge in [0.1, 0.15) is 0 Å². The van der Waals surface area contributed by atoms with Crippen LogP contribution in [0.1, 0.15) is 43.9 Å². The zero-order chi connectivity index (χ0) is 12.9. The number of aliphatic imine (C=N–C) groups is 1. The van der Waals surface area contributed by atoms with Crippen LogP contribution in [0.2, 0.25) is 0 Å². The highest BCUT2D eigenvalue weighted by atomic mass is 14.6. The monoisotopic (exact) mass is 228 g/mol. The highest BCUT2D eigenvalue weighted by Crippen LogP contribution is 2.29. The normalized spacial score (nSPS) is 11.7. The van der Waals surface area contributed by atoms with Crippen LogP contribution in [0.5, 0.6) is 0 Å². The summed E-state index contributed by atoms with van der Waals surface area (Å²) in [5, 5.41) is 9.20. The molecular weight excluding hydrogens is 208 g/mol. The molecule has 0 N–H and O–H groups in total. The van der Waals surface area contributed by atoms with Crippen molar-refractivity contribution < 1.29 is 0 Å². The second-order valence-electron chi connectivity index (χ2n) is 5.18. The van der Waals surface area contributed by atoms with E-state index in [0.29, 0.717) is 0 Å². The van der Waals surface area contributed by atoms with Crippen LogP contribution >= 0.6 is 0 Å². The molecule has 0 spiro atoms. The number of aryl methyl sites for hydroxylation is 1. The maximum atomic E-state index is 9.20. The van der Waals surface area contributed by atoms with Crippen molar-refractivity contribution in [2.24, 2.45) is 4.99 Å². The summed E-state index contributed by atoms with van der Waals surface area (Å²) in [6.45, 7) is 6.46. The molecule has 0 atom stereocenters. The number of hydrogen-bond acceptors (Lipinski definition) is 2. The summed E-state index contributed by atoms with van der Waals surface area (Å²) < 4.78 is 0. The summed E-state index contributed by atoms with van der Waals surface area (Å²) in [4.78, 5) is 4.00. The minimum Gasteiger partial charge on any atom is -0.301 e. The van der Waals surface area contributed by atoms with Gasteiger partial charge in [-0.2, -0.15) is 5.26 Å². The molecule has 0 radical (unpaired) electrons. The summed E-state index contributed by atoms with van der Waals surface area (Å²) in [5.74, 6) is 0. The Balaban J connectivity index is 3.17. The molecule has 0 bridgehead atoms. The van der Waals surface area contributed by atoms with E-state index in [4.69, 9.17) is 0 Å². The van der Waals surface area contributed by atoms with Gasteiger partial charge in [0.05, 0.1) is 11.6 Å². The van der Waals surface area contributed by atoms with Gasteiger partial charge in [-0.3, -0.25) is 0 Å². The summed E-state index contributed by atoms with van der Waals surface area (Å²) in [5.41, 5.74) is 3.23. The number of nitriles is 1. The molecule has 0 aliphatic rings. The van der Waals surface area contributed by atoms with Gasteiger partial charge in [-0.25, -0.2) is 0 Å². The molecule has 1 rings (SSSR count). The fraction of sp³-hybridized carbons (Fsp3) is 0.467. The number of rotatable bonds is 3. The molecule has 1 aromatic rings. The Hall–Kier alpha value is -1.62. The van der Waals surface area contributed by atoms with Crippen molar-refractivity contribution in [3.63, 3.8) is 0 Å². The van der Waals surface area contributed by atoms with Gasteiger partial charge in [-0.1, -0.05) is 32.9 Å². The molecule has 0 aromatic heterocycles. The standard InChI is InChI=1S/C15H20N2/c1-15(2,3)14-12(9-6-10-17-4)7-5-8-13(14)11-16/h5,7-8,10H,6,9H2,1-4H3. The second kappa shape index (κ2) is 5.63. The van der Waals surface area contributed by atoms with E-state index in [9.17, 15) is 5.26 Å². The Bertz CT molecular complexity index is 445. The van der Waals surface area contributed by atoms with Gasteiger partial charge in [-0.15, -0.1) is 0 Å². The van der Waals surface area contributed by atoms with E-state index in [2.05, 4.69) is 37.9 Å². The SMILES string of the molecule is CN=CCCc1cccc(C#N)c1C(C)(C)C. The van der Waals surface area contributed by atoms with Crippen molar-refractivity contribution in [1.29, 1.82) is 5.26 Å². The minimum absolute atomic E-state index is 0.00497. The molecule has 2 nitrogen and oxygen atoms in total. The Morgan fingerprint density at radius 3 is 2.59 bits per heavy atom. The smallest absolute Gasteiger partial charge is 0.0994 e. The molecule has 0 aliphatic heterocycles. The molecule has 90 valence electrons. The van der Waals surface area contributed by atoms with Gasteiger partial charge in [0.2, 0.25) is 0 Å². The van der Waals surface area contributed by atoms with Gasteiger partial charge in [-0.05, 0) is 41.7 Å². The van der Waals surface area contributed by atoms with E-state index in [1.54, 1.807) is 7.05 Å². The van der Waals surface area contributed by atoms with Gasteiger partial charge in [0, 0.05) is 7.05 Å². The number of hydrogen-bond donors (Lipinski definition) is 0. The van der Waals surface area contributed by atoms with E-state index in [1.165, 1.54) is 11.1 Å². The van der Waals surface area contributed by atoms with E-state index in [-0.39, 0.29) is 5.41 Å². The fourth-order valence-electron chi connectivity index (χ4n) is 2.14. The summed E-state index contributed by atoms with van der Waals surface area (Å²) >= 11 is 0. The third-order valence-corrected chi connectivity index (χ3v) is 2.75. The summed E-state index contributed by atoms with van der Waals surface area (Å²) in [6, 6.07) is 8.28. The molecule has 0 amide bonds. The topological polar surface area (TPSA) is 36.1 Å². The number of nitrogens with zero attached hydrogens (tertiary/aromatic N) is 2. The maximum absolute atomic E-state index is 9.20. The Kier molecular flexibility index (Phi) is 4.45. The Morgan fingerprint density at radius 2 is 2.06 bits per heavy atom. The third-order valence-electron chi connectivity index (χ3n) is 2.75. The molecule has 17 heavy (non-hydrogen) atoms. The quantitative estimate of drug-likeness (QED) is 0.729. The molecular formula is C15H20N2. The second-order valence-corrected chi connectivity index (χ2v) is 5.18. The van der Waals surface area contributed by atoms with E-state index in [1.807, 2.05) is 18.3 Å². The van der Waals surface area contributed by atoms with Crippen molar-refractivity contribution in [2.75, 3.05) is 7.05 Å². The van der Waals surface area contributed by atoms with Crippen LogP contribution in [-0.2, 0) is 11.8 Å². The first-order valence-electron chi connectivity index (χ1n) is 5.93. The van der Waals surface area contributed by atoms with Gasteiger partial charge >= 0.3 is 0 Å². The molecule has 1 aromatic carbocycles. The first-order valence-corrected chi connectivity index (χ1v) is 5.93. The van der Waals surface area contributed by atoms with Crippen molar-refractivity contribution in [1.82, 2.24) is 0 Å². The minimum atomic E-state index is 0.00497. The predicted octanol–water partition coefficient (Wildman–Crippen LogP) is 3.49. The molecule has 0 unspecified atom stereocenters. The lowest BCUT2D eigenvalue weighted by Gasteiger charge is -2.24. The lowest BCUT2D eigenvalue weighted by molar-refractivity contribution is 0.581. The zero-order valence-corrected chi connectivity index (χ0v) is 11.1. The molecule has 0 heterocycles. The highest BCUT2D eigenvalue weighted by Gasteiger charge is 2.21. The van der Waals surface area contributed by atoms with E-state index >= 15 is 0 Å². The largest absolute Gasteiger partial charge is 0.301 e. The first-order chi connectivity index (χ1) is 8.00. The van der Waals surface area contributed by atoms with Crippen molar-refractivity contribution in [3.8, 4) is 6.07 Å². The lowest BCUT2D eigenvalue weighted by atomic mass is 9.80. The molecule has 0 fully saturated rings. The summed E-state index contributed by atoms with van der Waals surface area (Å²) in [7, 11) is 1.79. The van der Waals surface area contributed by atoms with Crippen LogP contribution in [0.25, 0.3) is 0 Å². The van der Waals surface area contributed by atoms with Gasteiger partial charge < -0.3 is 4.99 Å². The van der Waals surface area contributed by atoms with Crippen molar-refractivity contribution in [2.45, 2.75) is 39.0 Å². The number of benzene rings is 1. The average Bonchev–Trinajstić information content (AvgIpc) is 2.27. The van der Waals surface area contributed by atoms with Gasteiger partial charge in [0.15, 0.2) is 0 Å². The van der Waals surface area contributed by atoms with Crippen molar-refractivity contribution in [3.05, 3.63) is 34.9 Å². The third kappa shape index (κ3) is 3.42. The Morgan fingerprint density at radius 1 is 1.35 bits per heavy atom. The van der Waals surface area contributed by atoms with E-state index < -0.39 is 0 Å². The average molecular weight is 228 g/mol. The van der Waals surface area contributed by atoms with E-state index in [0.717, 1.165) is 18.4 Å². The van der Waals surface area contributed by atoms with Crippen LogP contribution in [-0.4, -0.2) is 13.3 Å². The summed E-state index contributed by atoms with van der Waals surface area (Å²) in [6.07, 6.45) is 3.79. The lowest BCUT2D eigenvalue weighted by Crippen LogP contribution is -2.16. The highest BCUT2D eigenvalue weighted by molar-refractivity contribution is 5.58. The van der Waals surface area contributed by atoms with Crippen LogP contribution in [0.4, 0.5) is 0 Å². The molecule has 0 saturated carbocycles. The van der Waals surface area contributed by atoms with Crippen LogP contribution in [0.15, 0.2) is 23.2 Å². The Labute approximate surface area is 104 Å². The molecule has 2 heteroatoms. The van der Waals surface area contributed by atoms with Crippen LogP contribution < -0.4 is 0 Å². The van der Waals surface area contributed by atoms with Crippen LogP contribution in [0.3, 0.4) is 0 Å². The van der Waals surface area contributed by atoms with Crippen LogP contribution in [0, 0.1) is 11.3 Å². The molecule has 0 aliphatic carbocycles. The van der Waals surface area contributed by atoms with Crippen molar-refractivity contribution >= 4 is 6.21 Å². The zero-order valence-electron chi connectivity index (χ0n) is 11.1. The fourth-order valence-corrected chi connectivity index (χ4v) is 2.14. The predicted molar refractivity (Wildman–Crippen MR) is 72.6 cm³/mol. The molecule has 0 saturated heterocycles. The maximum Gasteiger partial charge on any atom is 0.0994 e.